The van der Waals surface area contributed by atoms with Gasteiger partial charge in [-0.1, -0.05) is 12.1 Å². The molecule has 1 aromatic carbocycles. The van der Waals surface area contributed by atoms with Gasteiger partial charge in [-0.2, -0.15) is 5.10 Å². The Bertz CT molecular complexity index is 798. The molecule has 1 aromatic heterocycles. The van der Waals surface area contributed by atoms with Crippen LogP contribution < -0.4 is 0 Å². The molecular weight excluding hydrogens is 322 g/mol. The van der Waals surface area contributed by atoms with E-state index >= 15 is 0 Å². The fourth-order valence-electron chi connectivity index (χ4n) is 3.25. The molecule has 6 heteroatoms. The van der Waals surface area contributed by atoms with Gasteiger partial charge in [0.05, 0.1) is 23.4 Å². The Balaban J connectivity index is 1.53. The molecule has 0 saturated carbocycles. The van der Waals surface area contributed by atoms with Crippen LogP contribution >= 0.6 is 0 Å². The second kappa shape index (κ2) is 7.07. The molecule has 24 heavy (non-hydrogen) atoms. The molecule has 130 valence electrons. The van der Waals surface area contributed by atoms with Crippen molar-refractivity contribution in [3.8, 4) is 5.69 Å². The third kappa shape index (κ3) is 4.45. The summed E-state index contributed by atoms with van der Waals surface area (Å²) in [6.45, 7) is 3.81. The molecular formula is C18H25N3O2S. The maximum Gasteiger partial charge on any atom is 0.150 e. The molecule has 2 heterocycles. The molecule has 3 rings (SSSR count). The Morgan fingerprint density at radius 2 is 2.21 bits per heavy atom. The maximum atomic E-state index is 11.5. The molecule has 1 atom stereocenters. The highest BCUT2D eigenvalue weighted by atomic mass is 32.2. The number of aryl methyl sites for hydroxylation is 1. The van der Waals surface area contributed by atoms with E-state index in [0.717, 1.165) is 37.2 Å². The normalized spacial score (nSPS) is 19.9. The smallest absolute Gasteiger partial charge is 0.150 e. The van der Waals surface area contributed by atoms with Crippen LogP contribution in [0.2, 0.25) is 0 Å². The average molecular weight is 347 g/mol. The van der Waals surface area contributed by atoms with E-state index in [1.807, 2.05) is 23.0 Å². The van der Waals surface area contributed by atoms with Crippen molar-refractivity contribution in [2.75, 3.05) is 25.1 Å². The zero-order valence-corrected chi connectivity index (χ0v) is 15.2. The topological polar surface area (TPSA) is 55.2 Å². The molecule has 0 radical (unpaired) electrons. The van der Waals surface area contributed by atoms with Gasteiger partial charge in [-0.05, 0) is 57.0 Å². The Morgan fingerprint density at radius 1 is 1.38 bits per heavy atom. The largest absolute Gasteiger partial charge is 0.302 e. The molecule has 1 aliphatic heterocycles. The van der Waals surface area contributed by atoms with Gasteiger partial charge in [0, 0.05) is 18.3 Å². The molecule has 1 aliphatic rings. The minimum absolute atomic E-state index is 0.326. The molecule has 0 spiro atoms. The highest BCUT2D eigenvalue weighted by Crippen LogP contribution is 2.22. The van der Waals surface area contributed by atoms with Crippen LogP contribution in [-0.4, -0.2) is 48.2 Å². The van der Waals surface area contributed by atoms with Crippen LogP contribution in [0.15, 0.2) is 36.7 Å². The first kappa shape index (κ1) is 17.2. The first-order chi connectivity index (χ1) is 11.4. The molecule has 2 aromatic rings. The lowest BCUT2D eigenvalue weighted by molar-refractivity contribution is 0.300. The maximum absolute atomic E-state index is 11.5. The van der Waals surface area contributed by atoms with E-state index in [0.29, 0.717) is 17.4 Å². The Labute approximate surface area is 144 Å². The van der Waals surface area contributed by atoms with E-state index in [1.165, 1.54) is 5.56 Å². The Morgan fingerprint density at radius 3 is 2.92 bits per heavy atom. The van der Waals surface area contributed by atoms with Crippen LogP contribution in [0.1, 0.15) is 24.0 Å². The van der Waals surface area contributed by atoms with Crippen molar-refractivity contribution in [3.63, 3.8) is 0 Å². The van der Waals surface area contributed by atoms with Gasteiger partial charge in [-0.15, -0.1) is 0 Å². The SMILES string of the molecule is Cc1cccc(-n2cc(CN(C)CC[C@@H]3CCS(=O)(=O)C3)cn2)c1. The van der Waals surface area contributed by atoms with Crippen molar-refractivity contribution >= 4 is 9.84 Å². The monoisotopic (exact) mass is 347 g/mol. The predicted octanol–water partition coefficient (Wildman–Crippen LogP) is 2.44. The van der Waals surface area contributed by atoms with E-state index in [1.54, 1.807) is 0 Å². The molecule has 0 bridgehead atoms. The summed E-state index contributed by atoms with van der Waals surface area (Å²) in [6.07, 6.45) is 5.73. The molecule has 1 fully saturated rings. The van der Waals surface area contributed by atoms with Crippen molar-refractivity contribution in [1.82, 2.24) is 14.7 Å². The van der Waals surface area contributed by atoms with Crippen LogP contribution in [0, 0.1) is 12.8 Å². The number of aromatic nitrogens is 2. The fourth-order valence-corrected chi connectivity index (χ4v) is 5.16. The van der Waals surface area contributed by atoms with Crippen molar-refractivity contribution in [2.45, 2.75) is 26.3 Å². The van der Waals surface area contributed by atoms with Gasteiger partial charge in [0.25, 0.3) is 0 Å². The van der Waals surface area contributed by atoms with E-state index in [-0.39, 0.29) is 0 Å². The van der Waals surface area contributed by atoms with Crippen LogP contribution in [0.3, 0.4) is 0 Å². The fraction of sp³-hybridized carbons (Fsp3) is 0.500. The number of hydrogen-bond donors (Lipinski definition) is 0. The van der Waals surface area contributed by atoms with Crippen LogP contribution in [0.25, 0.3) is 5.69 Å². The quantitative estimate of drug-likeness (QED) is 0.805. The van der Waals surface area contributed by atoms with Gasteiger partial charge in [-0.25, -0.2) is 13.1 Å². The minimum atomic E-state index is -2.76. The summed E-state index contributed by atoms with van der Waals surface area (Å²) in [5.41, 5.74) is 3.45. The average Bonchev–Trinajstić information content (AvgIpc) is 3.11. The van der Waals surface area contributed by atoms with Gasteiger partial charge >= 0.3 is 0 Å². The van der Waals surface area contributed by atoms with Gasteiger partial charge in [0.15, 0.2) is 9.84 Å². The predicted molar refractivity (Wildman–Crippen MR) is 96.0 cm³/mol. The van der Waals surface area contributed by atoms with Crippen LogP contribution in [0.5, 0.6) is 0 Å². The minimum Gasteiger partial charge on any atom is -0.302 e. The first-order valence-corrected chi connectivity index (χ1v) is 10.2. The van der Waals surface area contributed by atoms with Gasteiger partial charge in [0.2, 0.25) is 0 Å². The lowest BCUT2D eigenvalue weighted by atomic mass is 10.1. The highest BCUT2D eigenvalue weighted by Gasteiger charge is 2.27. The summed E-state index contributed by atoms with van der Waals surface area (Å²) in [5.74, 6) is 1.06. The van der Waals surface area contributed by atoms with E-state index in [9.17, 15) is 8.42 Å². The van der Waals surface area contributed by atoms with Crippen molar-refractivity contribution in [2.24, 2.45) is 5.92 Å². The second-order valence-electron chi connectivity index (χ2n) is 6.93. The van der Waals surface area contributed by atoms with Gasteiger partial charge < -0.3 is 4.90 Å². The van der Waals surface area contributed by atoms with E-state index < -0.39 is 9.84 Å². The zero-order chi connectivity index (χ0) is 17.2. The number of benzene rings is 1. The van der Waals surface area contributed by atoms with Gasteiger partial charge in [-0.3, -0.25) is 0 Å². The second-order valence-corrected chi connectivity index (χ2v) is 9.16. The van der Waals surface area contributed by atoms with Crippen LogP contribution in [-0.2, 0) is 16.4 Å². The Kier molecular flexibility index (Phi) is 5.06. The van der Waals surface area contributed by atoms with Gasteiger partial charge in [0.1, 0.15) is 0 Å². The standard InChI is InChI=1S/C18H25N3O2S/c1-15-4-3-5-18(10-15)21-13-17(11-19-21)12-20(2)8-6-16-7-9-24(22,23)14-16/h3-5,10-11,13,16H,6-9,12,14H2,1-2H3/t16-/m1/s1. The Hall–Kier alpha value is -1.66. The number of nitrogens with zero attached hydrogens (tertiary/aromatic N) is 3. The number of rotatable bonds is 6. The number of sulfone groups is 1. The van der Waals surface area contributed by atoms with Crippen molar-refractivity contribution in [1.29, 1.82) is 0 Å². The third-order valence-electron chi connectivity index (χ3n) is 4.60. The van der Waals surface area contributed by atoms with E-state index in [4.69, 9.17) is 0 Å². The van der Waals surface area contributed by atoms with E-state index in [2.05, 4.69) is 42.3 Å². The molecule has 0 amide bonds. The molecule has 5 nitrogen and oxygen atoms in total. The summed E-state index contributed by atoms with van der Waals surface area (Å²) < 4.78 is 24.9. The molecule has 0 unspecified atom stereocenters. The summed E-state index contributed by atoms with van der Waals surface area (Å²) in [6, 6.07) is 8.27. The lowest BCUT2D eigenvalue weighted by Gasteiger charge is -2.17. The van der Waals surface area contributed by atoms with Crippen LogP contribution in [0.4, 0.5) is 0 Å². The first-order valence-electron chi connectivity index (χ1n) is 8.41. The summed E-state index contributed by atoms with van der Waals surface area (Å²) in [4.78, 5) is 2.24. The number of hydrogen-bond acceptors (Lipinski definition) is 4. The van der Waals surface area contributed by atoms with Crippen molar-refractivity contribution < 1.29 is 8.42 Å². The molecule has 1 saturated heterocycles. The zero-order valence-electron chi connectivity index (χ0n) is 14.4. The molecule has 0 aliphatic carbocycles. The molecule has 0 N–H and O–H groups in total. The summed E-state index contributed by atoms with van der Waals surface area (Å²) in [7, 11) is -0.688. The summed E-state index contributed by atoms with van der Waals surface area (Å²) in [5, 5.41) is 4.45. The third-order valence-corrected chi connectivity index (χ3v) is 6.44. The highest BCUT2D eigenvalue weighted by molar-refractivity contribution is 7.91. The summed E-state index contributed by atoms with van der Waals surface area (Å²) >= 11 is 0. The van der Waals surface area contributed by atoms with Crippen molar-refractivity contribution in [3.05, 3.63) is 47.8 Å². The lowest BCUT2D eigenvalue weighted by Crippen LogP contribution is -2.21.